The number of carbonyl (C=O) groups excluding carboxylic acids is 1. The summed E-state index contributed by atoms with van der Waals surface area (Å²) in [5.41, 5.74) is 1.97. The molecule has 2 amide bonds. The number of pyridine rings is 1. The van der Waals surface area contributed by atoms with Crippen LogP contribution >= 0.6 is 0 Å². The average Bonchev–Trinajstić information content (AvgIpc) is 3.33. The third kappa shape index (κ3) is 5.48. The van der Waals surface area contributed by atoms with E-state index in [9.17, 15) is 4.79 Å². The molecule has 3 aromatic rings. The Hall–Kier alpha value is -3.23. The molecule has 0 bridgehead atoms. The highest BCUT2D eigenvalue weighted by Crippen LogP contribution is 2.24. The SMILES string of the molecule is CN1CCN(CCCNC(=O)Nc2cccnc2-n2cccn2)[C@H](c2ccccc2)C1. The number of benzene rings is 1. The summed E-state index contributed by atoms with van der Waals surface area (Å²) in [7, 11) is 2.18. The number of amides is 2. The minimum absolute atomic E-state index is 0.237. The van der Waals surface area contributed by atoms with E-state index < -0.39 is 0 Å². The number of piperazine rings is 1. The molecule has 1 aliphatic heterocycles. The van der Waals surface area contributed by atoms with Gasteiger partial charge < -0.3 is 15.5 Å². The number of hydrogen-bond acceptors (Lipinski definition) is 5. The van der Waals surface area contributed by atoms with E-state index in [4.69, 9.17) is 0 Å². The van der Waals surface area contributed by atoms with Crippen LogP contribution in [-0.4, -0.2) is 70.4 Å². The lowest BCUT2D eigenvalue weighted by molar-refractivity contribution is 0.0890. The minimum Gasteiger partial charge on any atom is -0.338 e. The van der Waals surface area contributed by atoms with Gasteiger partial charge in [0.1, 0.15) is 0 Å². The van der Waals surface area contributed by atoms with Gasteiger partial charge in [-0.1, -0.05) is 30.3 Å². The van der Waals surface area contributed by atoms with Crippen LogP contribution < -0.4 is 10.6 Å². The fourth-order valence-corrected chi connectivity index (χ4v) is 3.94. The maximum Gasteiger partial charge on any atom is 0.319 e. The van der Waals surface area contributed by atoms with Crippen molar-refractivity contribution >= 4 is 11.7 Å². The summed E-state index contributed by atoms with van der Waals surface area (Å²) < 4.78 is 1.63. The molecule has 0 saturated carbocycles. The lowest BCUT2D eigenvalue weighted by Gasteiger charge is -2.40. The molecule has 162 valence electrons. The third-order valence-corrected chi connectivity index (χ3v) is 5.54. The molecule has 31 heavy (non-hydrogen) atoms. The molecule has 0 unspecified atom stereocenters. The van der Waals surface area contributed by atoms with E-state index in [0.717, 1.165) is 32.6 Å². The standard InChI is InChI=1S/C23H29N7O/c1-28-16-17-29(21(18-28)19-8-3-2-4-9-19)14-6-12-25-23(31)27-20-10-5-11-24-22(20)30-15-7-13-26-30/h2-5,7-11,13,15,21H,6,12,14,16-18H2,1H3,(H2,25,27,31)/t21-/m0/s1. The number of rotatable bonds is 7. The summed E-state index contributed by atoms with van der Waals surface area (Å²) in [6.07, 6.45) is 6.04. The summed E-state index contributed by atoms with van der Waals surface area (Å²) in [6, 6.07) is 16.2. The summed E-state index contributed by atoms with van der Waals surface area (Å²) in [4.78, 5) is 21.6. The molecule has 1 atom stereocenters. The van der Waals surface area contributed by atoms with Gasteiger partial charge in [0, 0.05) is 57.4 Å². The van der Waals surface area contributed by atoms with E-state index >= 15 is 0 Å². The van der Waals surface area contributed by atoms with E-state index in [1.165, 1.54) is 5.56 Å². The van der Waals surface area contributed by atoms with Crippen molar-refractivity contribution in [1.82, 2.24) is 29.9 Å². The van der Waals surface area contributed by atoms with E-state index in [1.807, 2.05) is 12.1 Å². The Morgan fingerprint density at radius 2 is 1.97 bits per heavy atom. The van der Waals surface area contributed by atoms with Crippen LogP contribution in [-0.2, 0) is 0 Å². The zero-order valence-electron chi connectivity index (χ0n) is 17.8. The minimum atomic E-state index is -0.237. The predicted molar refractivity (Wildman–Crippen MR) is 121 cm³/mol. The second-order valence-corrected chi connectivity index (χ2v) is 7.78. The van der Waals surface area contributed by atoms with E-state index in [2.05, 4.69) is 67.9 Å². The molecular formula is C23H29N7O. The van der Waals surface area contributed by atoms with Crippen molar-refractivity contribution in [2.45, 2.75) is 12.5 Å². The van der Waals surface area contributed by atoms with Gasteiger partial charge in [0.25, 0.3) is 0 Å². The molecule has 1 fully saturated rings. The molecule has 1 aromatic carbocycles. The molecule has 8 heteroatoms. The number of nitrogens with one attached hydrogen (secondary N) is 2. The normalized spacial score (nSPS) is 17.4. The number of anilines is 1. The van der Waals surface area contributed by atoms with Crippen molar-refractivity contribution < 1.29 is 4.79 Å². The summed E-state index contributed by atoms with van der Waals surface area (Å²) in [6.45, 7) is 4.67. The number of nitrogens with zero attached hydrogens (tertiary/aromatic N) is 5. The number of carbonyl (C=O) groups is 1. The highest BCUT2D eigenvalue weighted by atomic mass is 16.2. The average molecular weight is 420 g/mol. The van der Waals surface area contributed by atoms with Crippen molar-refractivity contribution in [3.8, 4) is 5.82 Å². The fraction of sp³-hybridized carbons (Fsp3) is 0.348. The van der Waals surface area contributed by atoms with Crippen LogP contribution in [0.5, 0.6) is 0 Å². The smallest absolute Gasteiger partial charge is 0.319 e. The maximum atomic E-state index is 12.4. The van der Waals surface area contributed by atoms with Crippen LogP contribution in [0.3, 0.4) is 0 Å². The Labute approximate surface area is 182 Å². The quantitative estimate of drug-likeness (QED) is 0.576. The third-order valence-electron chi connectivity index (χ3n) is 5.54. The Morgan fingerprint density at radius 1 is 1.10 bits per heavy atom. The molecule has 0 aliphatic carbocycles. The van der Waals surface area contributed by atoms with Gasteiger partial charge in [-0.3, -0.25) is 4.90 Å². The first-order valence-corrected chi connectivity index (χ1v) is 10.7. The molecule has 1 saturated heterocycles. The van der Waals surface area contributed by atoms with Crippen molar-refractivity contribution in [3.63, 3.8) is 0 Å². The highest BCUT2D eigenvalue weighted by molar-refractivity contribution is 5.90. The zero-order valence-corrected chi connectivity index (χ0v) is 17.8. The lowest BCUT2D eigenvalue weighted by Crippen LogP contribution is -2.47. The van der Waals surface area contributed by atoms with Gasteiger partial charge in [-0.15, -0.1) is 0 Å². The first kappa shape index (κ1) is 21.0. The second kappa shape index (κ2) is 10.2. The van der Waals surface area contributed by atoms with Gasteiger partial charge >= 0.3 is 6.03 Å². The van der Waals surface area contributed by atoms with Crippen molar-refractivity contribution in [2.24, 2.45) is 0 Å². The van der Waals surface area contributed by atoms with Crippen LogP contribution in [0.25, 0.3) is 5.82 Å². The molecule has 2 N–H and O–H groups in total. The Morgan fingerprint density at radius 3 is 2.77 bits per heavy atom. The number of likely N-dealkylation sites (N-methyl/N-ethyl adjacent to an activating group) is 1. The first-order chi connectivity index (χ1) is 15.2. The molecule has 4 rings (SSSR count). The van der Waals surface area contributed by atoms with E-state index in [-0.39, 0.29) is 6.03 Å². The monoisotopic (exact) mass is 419 g/mol. The van der Waals surface area contributed by atoms with Crippen LogP contribution in [0.15, 0.2) is 67.1 Å². The van der Waals surface area contributed by atoms with Gasteiger partial charge in [0.15, 0.2) is 5.82 Å². The fourth-order valence-electron chi connectivity index (χ4n) is 3.94. The highest BCUT2D eigenvalue weighted by Gasteiger charge is 2.25. The van der Waals surface area contributed by atoms with Crippen molar-refractivity contribution in [2.75, 3.05) is 45.1 Å². The largest absolute Gasteiger partial charge is 0.338 e. The summed E-state index contributed by atoms with van der Waals surface area (Å²) in [5.74, 6) is 0.589. The lowest BCUT2D eigenvalue weighted by atomic mass is 10.0. The Balaban J connectivity index is 1.27. The molecule has 8 nitrogen and oxygen atoms in total. The molecule has 2 aromatic heterocycles. The van der Waals surface area contributed by atoms with Crippen LogP contribution in [0, 0.1) is 0 Å². The number of hydrogen-bond donors (Lipinski definition) is 2. The molecule has 0 radical (unpaired) electrons. The van der Waals surface area contributed by atoms with Gasteiger partial charge in [-0.05, 0) is 37.2 Å². The molecule has 0 spiro atoms. The Kier molecular flexibility index (Phi) is 6.91. The second-order valence-electron chi connectivity index (χ2n) is 7.78. The number of aromatic nitrogens is 3. The first-order valence-electron chi connectivity index (χ1n) is 10.7. The van der Waals surface area contributed by atoms with E-state index in [1.54, 1.807) is 29.3 Å². The van der Waals surface area contributed by atoms with Crippen molar-refractivity contribution in [3.05, 3.63) is 72.7 Å². The maximum absolute atomic E-state index is 12.4. The van der Waals surface area contributed by atoms with Gasteiger partial charge in [-0.25, -0.2) is 14.5 Å². The Bertz CT molecular complexity index is 961. The van der Waals surface area contributed by atoms with Crippen LogP contribution in [0.2, 0.25) is 0 Å². The van der Waals surface area contributed by atoms with Gasteiger partial charge in [-0.2, -0.15) is 5.10 Å². The van der Waals surface area contributed by atoms with Crippen molar-refractivity contribution in [1.29, 1.82) is 0 Å². The topological polar surface area (TPSA) is 78.3 Å². The van der Waals surface area contributed by atoms with Gasteiger partial charge in [0.05, 0.1) is 5.69 Å². The molecule has 1 aliphatic rings. The summed E-state index contributed by atoms with van der Waals surface area (Å²) in [5, 5.41) is 10.0. The molecular weight excluding hydrogens is 390 g/mol. The van der Waals surface area contributed by atoms with Crippen LogP contribution in [0.1, 0.15) is 18.0 Å². The van der Waals surface area contributed by atoms with Gasteiger partial charge in [0.2, 0.25) is 0 Å². The molecule has 3 heterocycles. The van der Waals surface area contributed by atoms with Crippen LogP contribution in [0.4, 0.5) is 10.5 Å². The predicted octanol–water partition coefficient (Wildman–Crippen LogP) is 2.77. The number of urea groups is 1. The summed E-state index contributed by atoms with van der Waals surface area (Å²) >= 11 is 0. The zero-order chi connectivity index (χ0) is 21.5. The van der Waals surface area contributed by atoms with E-state index in [0.29, 0.717) is 24.1 Å².